The average Bonchev–Trinajstić information content (AvgIpc) is 3.75. The minimum absolute atomic E-state index is 0.640. The fraction of sp³-hybridized carbons (Fsp3) is 0. The highest BCUT2D eigenvalue weighted by atomic mass is 32.1. The van der Waals surface area contributed by atoms with Crippen LogP contribution in [0.1, 0.15) is 0 Å². The third-order valence-electron chi connectivity index (χ3n) is 9.48. The minimum Gasteiger partial charge on any atom is -0.309 e. The average molecular weight is 657 g/mol. The highest BCUT2D eigenvalue weighted by Crippen LogP contribution is 2.41. The Hall–Kier alpha value is -6.43. The summed E-state index contributed by atoms with van der Waals surface area (Å²) in [5.74, 6) is 1.94. The predicted molar refractivity (Wildman–Crippen MR) is 209 cm³/mol. The summed E-state index contributed by atoms with van der Waals surface area (Å²) in [6, 6.07) is 59.6. The maximum absolute atomic E-state index is 5.31. The molecule has 0 aliphatic heterocycles. The fourth-order valence-corrected chi connectivity index (χ4v) is 8.37. The van der Waals surface area contributed by atoms with E-state index in [1.54, 1.807) is 11.3 Å². The highest BCUT2D eigenvalue weighted by Gasteiger charge is 2.21. The molecule has 0 spiro atoms. The Labute approximate surface area is 292 Å². The topological polar surface area (TPSA) is 43.6 Å². The van der Waals surface area contributed by atoms with Crippen LogP contribution in [-0.4, -0.2) is 19.5 Å². The number of benzene rings is 7. The first-order chi connectivity index (χ1) is 24.8. The molecular formula is C45H28N4S. The Morgan fingerprint density at radius 3 is 1.74 bits per heavy atom. The first-order valence-corrected chi connectivity index (χ1v) is 17.5. The van der Waals surface area contributed by atoms with Crippen molar-refractivity contribution in [2.75, 3.05) is 0 Å². The van der Waals surface area contributed by atoms with Crippen molar-refractivity contribution in [3.8, 4) is 51.0 Å². The molecule has 0 unspecified atom stereocenters. The van der Waals surface area contributed by atoms with Crippen molar-refractivity contribution in [3.05, 3.63) is 170 Å². The van der Waals surface area contributed by atoms with Gasteiger partial charge in [0, 0.05) is 53.3 Å². The molecule has 0 N–H and O–H groups in total. The van der Waals surface area contributed by atoms with E-state index < -0.39 is 0 Å². The van der Waals surface area contributed by atoms with Crippen LogP contribution < -0.4 is 0 Å². The lowest BCUT2D eigenvalue weighted by Crippen LogP contribution is -2.02. The zero-order valence-electron chi connectivity index (χ0n) is 26.9. The van der Waals surface area contributed by atoms with Crippen molar-refractivity contribution in [2.45, 2.75) is 0 Å². The van der Waals surface area contributed by atoms with Crippen molar-refractivity contribution in [1.29, 1.82) is 0 Å². The summed E-state index contributed by atoms with van der Waals surface area (Å²) < 4.78 is 4.76. The molecule has 0 aliphatic rings. The summed E-state index contributed by atoms with van der Waals surface area (Å²) in [5.41, 5.74) is 8.52. The first kappa shape index (κ1) is 28.6. The van der Waals surface area contributed by atoms with Gasteiger partial charge in [-0.1, -0.05) is 133 Å². The van der Waals surface area contributed by atoms with E-state index in [1.807, 2.05) is 6.07 Å². The second-order valence-corrected chi connectivity index (χ2v) is 13.5. The number of thiophene rings is 1. The molecule has 3 aromatic heterocycles. The normalized spacial score (nSPS) is 11.6. The summed E-state index contributed by atoms with van der Waals surface area (Å²) in [6.07, 6.45) is 0. The molecule has 0 fully saturated rings. The zero-order valence-corrected chi connectivity index (χ0v) is 27.7. The first-order valence-electron chi connectivity index (χ1n) is 16.7. The number of hydrogen-bond donors (Lipinski definition) is 0. The predicted octanol–water partition coefficient (Wildman–Crippen LogP) is 12.0. The molecule has 0 atom stereocenters. The monoisotopic (exact) mass is 656 g/mol. The second-order valence-electron chi connectivity index (χ2n) is 12.4. The molecule has 10 rings (SSSR count). The molecular weight excluding hydrogens is 629 g/mol. The van der Waals surface area contributed by atoms with Gasteiger partial charge < -0.3 is 4.57 Å². The molecule has 0 radical (unpaired) electrons. The molecule has 0 aliphatic carbocycles. The van der Waals surface area contributed by atoms with Gasteiger partial charge in [-0.25, -0.2) is 15.0 Å². The lowest BCUT2D eigenvalue weighted by molar-refractivity contribution is 1.07. The number of fused-ring (bicyclic) bond motifs is 6. The zero-order chi connectivity index (χ0) is 33.0. The molecule has 50 heavy (non-hydrogen) atoms. The summed E-state index contributed by atoms with van der Waals surface area (Å²) in [6.45, 7) is 0. The molecule has 0 bridgehead atoms. The van der Waals surface area contributed by atoms with Gasteiger partial charge in [0.25, 0.3) is 0 Å². The number of nitrogens with zero attached hydrogens (tertiary/aromatic N) is 4. The van der Waals surface area contributed by atoms with Gasteiger partial charge in [-0.2, -0.15) is 0 Å². The van der Waals surface area contributed by atoms with Crippen LogP contribution in [-0.2, 0) is 0 Å². The van der Waals surface area contributed by atoms with Crippen LogP contribution in [0.15, 0.2) is 170 Å². The van der Waals surface area contributed by atoms with Crippen molar-refractivity contribution in [1.82, 2.24) is 19.5 Å². The molecule has 0 saturated heterocycles. The quantitative estimate of drug-likeness (QED) is 0.185. The van der Waals surface area contributed by atoms with Crippen molar-refractivity contribution in [3.63, 3.8) is 0 Å². The van der Waals surface area contributed by atoms with E-state index in [4.69, 9.17) is 15.0 Å². The van der Waals surface area contributed by atoms with Crippen LogP contribution in [0.2, 0.25) is 0 Å². The third-order valence-corrected chi connectivity index (χ3v) is 10.7. The van der Waals surface area contributed by atoms with Gasteiger partial charge in [0.2, 0.25) is 0 Å². The summed E-state index contributed by atoms with van der Waals surface area (Å²) in [7, 11) is 0. The smallest absolute Gasteiger partial charge is 0.166 e. The van der Waals surface area contributed by atoms with E-state index >= 15 is 0 Å². The van der Waals surface area contributed by atoms with E-state index in [9.17, 15) is 0 Å². The van der Waals surface area contributed by atoms with E-state index in [-0.39, 0.29) is 0 Å². The standard InChI is InChI=1S/C45H28N4S/c1-3-13-29(14-4-1)30-25-27-31(28-26-30)43-46-44(48-45(47-43)38-22-12-20-36-34-18-8-10-24-40(34)50-42(36)38)37-21-11-19-35-33-17-7-9-23-39(33)49(41(35)37)32-15-5-2-6-16-32/h1-28H. The molecule has 234 valence electrons. The van der Waals surface area contributed by atoms with Gasteiger partial charge in [-0.3, -0.25) is 0 Å². The third kappa shape index (κ3) is 4.63. The Morgan fingerprint density at radius 1 is 0.380 bits per heavy atom. The van der Waals surface area contributed by atoms with Crippen LogP contribution in [0.25, 0.3) is 93.0 Å². The Bertz CT molecular complexity index is 2850. The van der Waals surface area contributed by atoms with Crippen LogP contribution >= 0.6 is 11.3 Å². The second kappa shape index (κ2) is 11.6. The molecule has 10 aromatic rings. The Morgan fingerprint density at radius 2 is 0.940 bits per heavy atom. The van der Waals surface area contributed by atoms with Gasteiger partial charge in [-0.05, 0) is 47.5 Å². The molecule has 4 nitrogen and oxygen atoms in total. The molecule has 0 amide bonds. The lowest BCUT2D eigenvalue weighted by atomic mass is 10.0. The Kier molecular flexibility index (Phi) is 6.64. The maximum Gasteiger partial charge on any atom is 0.166 e. The van der Waals surface area contributed by atoms with E-state index in [0.717, 1.165) is 44.4 Å². The number of rotatable bonds is 5. The largest absolute Gasteiger partial charge is 0.309 e. The van der Waals surface area contributed by atoms with Gasteiger partial charge >= 0.3 is 0 Å². The van der Waals surface area contributed by atoms with Crippen LogP contribution in [0, 0.1) is 0 Å². The molecule has 7 aromatic carbocycles. The highest BCUT2D eigenvalue weighted by molar-refractivity contribution is 7.26. The maximum atomic E-state index is 5.31. The number of hydrogen-bond acceptors (Lipinski definition) is 4. The minimum atomic E-state index is 0.640. The molecule has 3 heterocycles. The van der Waals surface area contributed by atoms with Gasteiger partial charge in [0.15, 0.2) is 17.5 Å². The lowest BCUT2D eigenvalue weighted by Gasteiger charge is -2.13. The number of aromatic nitrogens is 4. The Balaban J connectivity index is 1.25. The van der Waals surface area contributed by atoms with E-state index in [1.165, 1.54) is 31.1 Å². The SMILES string of the molecule is c1ccc(-c2ccc(-c3nc(-c4cccc5c4sc4ccccc45)nc(-c4cccc5c6ccccc6n(-c6ccccc6)c45)n3)cc2)cc1. The van der Waals surface area contributed by atoms with Gasteiger partial charge in [0.1, 0.15) is 0 Å². The summed E-state index contributed by atoms with van der Waals surface area (Å²) >= 11 is 1.79. The number of para-hydroxylation sites is 3. The fourth-order valence-electron chi connectivity index (χ4n) is 7.16. The van der Waals surface area contributed by atoms with Crippen molar-refractivity contribution < 1.29 is 0 Å². The van der Waals surface area contributed by atoms with E-state index in [0.29, 0.717) is 17.5 Å². The van der Waals surface area contributed by atoms with Crippen LogP contribution in [0.4, 0.5) is 0 Å². The summed E-state index contributed by atoms with van der Waals surface area (Å²) in [5, 5.41) is 4.81. The molecule has 0 saturated carbocycles. The summed E-state index contributed by atoms with van der Waals surface area (Å²) in [4.78, 5) is 15.8. The molecule has 5 heteroatoms. The van der Waals surface area contributed by atoms with Crippen LogP contribution in [0.5, 0.6) is 0 Å². The van der Waals surface area contributed by atoms with Gasteiger partial charge in [0.05, 0.1) is 11.0 Å². The van der Waals surface area contributed by atoms with Gasteiger partial charge in [-0.15, -0.1) is 11.3 Å². The van der Waals surface area contributed by atoms with Crippen molar-refractivity contribution in [2.24, 2.45) is 0 Å². The van der Waals surface area contributed by atoms with Crippen molar-refractivity contribution >= 4 is 53.3 Å². The van der Waals surface area contributed by atoms with E-state index in [2.05, 4.69) is 168 Å². The van der Waals surface area contributed by atoms with Crippen LogP contribution in [0.3, 0.4) is 0 Å².